The summed E-state index contributed by atoms with van der Waals surface area (Å²) >= 11 is 0. The van der Waals surface area contributed by atoms with Gasteiger partial charge in [-0.1, -0.05) is 6.92 Å². The average Bonchev–Trinajstić information content (AvgIpc) is 2.86. The van der Waals surface area contributed by atoms with Crippen LogP contribution < -0.4 is 0 Å². The first-order chi connectivity index (χ1) is 8.74. The number of hydrogen-bond donors (Lipinski definition) is 1. The number of nitrogens with zero attached hydrogens (tertiary/aromatic N) is 3. The number of fused-ring (bicyclic) bond motifs is 1. The van der Waals surface area contributed by atoms with E-state index in [-0.39, 0.29) is 5.91 Å². The molecule has 1 aliphatic rings. The number of piperidine rings is 1. The summed E-state index contributed by atoms with van der Waals surface area (Å²) in [5.41, 5.74) is 2.23. The summed E-state index contributed by atoms with van der Waals surface area (Å²) in [6.07, 6.45) is 2.19. The molecule has 2 aromatic rings. The van der Waals surface area contributed by atoms with Crippen molar-refractivity contribution < 1.29 is 4.79 Å². The lowest BCUT2D eigenvalue weighted by molar-refractivity contribution is 0.0697. The predicted molar refractivity (Wildman–Crippen MR) is 68.2 cm³/mol. The smallest absolute Gasteiger partial charge is 0.253 e. The van der Waals surface area contributed by atoms with Crippen molar-refractivity contribution in [3.8, 4) is 0 Å². The molecule has 0 atom stereocenters. The number of aromatic amines is 1. The summed E-state index contributed by atoms with van der Waals surface area (Å²) < 4.78 is 0. The molecule has 0 saturated carbocycles. The van der Waals surface area contributed by atoms with Crippen LogP contribution in [0.1, 0.15) is 30.1 Å². The molecule has 1 aromatic carbocycles. The van der Waals surface area contributed by atoms with Crippen molar-refractivity contribution in [3.05, 3.63) is 23.8 Å². The maximum Gasteiger partial charge on any atom is 0.253 e. The molecule has 0 bridgehead atoms. The van der Waals surface area contributed by atoms with Gasteiger partial charge in [-0.25, -0.2) is 0 Å². The molecule has 0 radical (unpaired) electrons. The van der Waals surface area contributed by atoms with Crippen molar-refractivity contribution in [1.29, 1.82) is 0 Å². The van der Waals surface area contributed by atoms with E-state index in [9.17, 15) is 4.79 Å². The molecule has 2 heterocycles. The standard InChI is InChI=1S/C13H16N4O/c1-9-4-6-17(7-5-9)13(18)10-2-3-11-12(8-10)15-16-14-11/h2-3,8-9H,4-7H2,1H3,(H,14,15,16). The van der Waals surface area contributed by atoms with Gasteiger partial charge >= 0.3 is 0 Å². The molecule has 0 unspecified atom stereocenters. The Labute approximate surface area is 105 Å². The zero-order chi connectivity index (χ0) is 12.5. The van der Waals surface area contributed by atoms with Crippen molar-refractivity contribution in [2.75, 3.05) is 13.1 Å². The third-order valence-corrected chi connectivity index (χ3v) is 3.63. The third kappa shape index (κ3) is 1.96. The second kappa shape index (κ2) is 4.40. The summed E-state index contributed by atoms with van der Waals surface area (Å²) in [7, 11) is 0. The minimum Gasteiger partial charge on any atom is -0.339 e. The third-order valence-electron chi connectivity index (χ3n) is 3.63. The molecular weight excluding hydrogens is 228 g/mol. The number of carbonyl (C=O) groups is 1. The minimum atomic E-state index is 0.104. The highest BCUT2D eigenvalue weighted by Gasteiger charge is 2.21. The molecular formula is C13H16N4O. The molecule has 1 saturated heterocycles. The molecule has 3 rings (SSSR count). The van der Waals surface area contributed by atoms with Gasteiger partial charge in [0.1, 0.15) is 11.0 Å². The Balaban J connectivity index is 1.82. The Bertz CT molecular complexity index is 569. The van der Waals surface area contributed by atoms with Crippen LogP contribution in [-0.4, -0.2) is 39.3 Å². The van der Waals surface area contributed by atoms with Crippen molar-refractivity contribution in [2.45, 2.75) is 19.8 Å². The summed E-state index contributed by atoms with van der Waals surface area (Å²) in [6.45, 7) is 3.96. The van der Waals surface area contributed by atoms with Gasteiger partial charge in [-0.05, 0) is 37.0 Å². The normalized spacial score (nSPS) is 17.3. The van der Waals surface area contributed by atoms with Crippen LogP contribution in [0.5, 0.6) is 0 Å². The molecule has 5 nitrogen and oxygen atoms in total. The molecule has 1 amide bonds. The topological polar surface area (TPSA) is 61.9 Å². The van der Waals surface area contributed by atoms with Crippen LogP contribution in [0.2, 0.25) is 0 Å². The van der Waals surface area contributed by atoms with Crippen LogP contribution in [0.15, 0.2) is 18.2 Å². The Morgan fingerprint density at radius 3 is 2.78 bits per heavy atom. The van der Waals surface area contributed by atoms with Gasteiger partial charge in [-0.3, -0.25) is 4.79 Å². The maximum absolute atomic E-state index is 12.3. The van der Waals surface area contributed by atoms with E-state index in [2.05, 4.69) is 22.3 Å². The van der Waals surface area contributed by atoms with Crippen molar-refractivity contribution in [1.82, 2.24) is 20.3 Å². The lowest BCUT2D eigenvalue weighted by Crippen LogP contribution is -2.37. The minimum absolute atomic E-state index is 0.104. The molecule has 18 heavy (non-hydrogen) atoms. The molecule has 94 valence electrons. The van der Waals surface area contributed by atoms with Crippen LogP contribution in [0.3, 0.4) is 0 Å². The number of benzene rings is 1. The van der Waals surface area contributed by atoms with E-state index in [4.69, 9.17) is 0 Å². The molecule has 1 aliphatic heterocycles. The first-order valence-corrected chi connectivity index (χ1v) is 6.34. The van der Waals surface area contributed by atoms with Crippen molar-refractivity contribution >= 4 is 16.9 Å². The SMILES string of the molecule is CC1CCN(C(=O)c2ccc3n[nH]nc3c2)CC1. The fourth-order valence-corrected chi connectivity index (χ4v) is 2.37. The van der Waals surface area contributed by atoms with E-state index in [1.54, 1.807) is 6.07 Å². The lowest BCUT2D eigenvalue weighted by atomic mass is 9.98. The van der Waals surface area contributed by atoms with E-state index in [1.807, 2.05) is 17.0 Å². The Morgan fingerprint density at radius 2 is 2.00 bits per heavy atom. The molecule has 1 aromatic heterocycles. The monoisotopic (exact) mass is 244 g/mol. The number of carbonyl (C=O) groups excluding carboxylic acids is 1. The number of rotatable bonds is 1. The number of hydrogen-bond acceptors (Lipinski definition) is 3. The molecule has 5 heteroatoms. The summed E-state index contributed by atoms with van der Waals surface area (Å²) in [4.78, 5) is 14.3. The van der Waals surface area contributed by atoms with Gasteiger partial charge in [0.05, 0.1) is 0 Å². The molecule has 0 spiro atoms. The second-order valence-corrected chi connectivity index (χ2v) is 5.00. The van der Waals surface area contributed by atoms with Crippen LogP contribution >= 0.6 is 0 Å². The zero-order valence-corrected chi connectivity index (χ0v) is 10.4. The van der Waals surface area contributed by atoms with Crippen molar-refractivity contribution in [3.63, 3.8) is 0 Å². The maximum atomic E-state index is 12.3. The number of amides is 1. The van der Waals surface area contributed by atoms with Gasteiger partial charge in [0, 0.05) is 18.7 Å². The molecule has 1 fully saturated rings. The van der Waals surface area contributed by atoms with Gasteiger partial charge in [-0.2, -0.15) is 15.4 Å². The predicted octanol–water partition coefficient (Wildman–Crippen LogP) is 1.83. The number of nitrogens with one attached hydrogen (secondary N) is 1. The summed E-state index contributed by atoms with van der Waals surface area (Å²) in [5, 5.41) is 10.6. The Morgan fingerprint density at radius 1 is 1.28 bits per heavy atom. The average molecular weight is 244 g/mol. The lowest BCUT2D eigenvalue weighted by Gasteiger charge is -2.30. The van der Waals surface area contributed by atoms with Crippen molar-refractivity contribution in [2.24, 2.45) is 5.92 Å². The van der Waals surface area contributed by atoms with E-state index >= 15 is 0 Å². The Kier molecular flexibility index (Phi) is 2.74. The van der Waals surface area contributed by atoms with Gasteiger partial charge in [-0.15, -0.1) is 0 Å². The number of aromatic nitrogens is 3. The van der Waals surface area contributed by atoms with Crippen LogP contribution in [-0.2, 0) is 0 Å². The van der Waals surface area contributed by atoms with E-state index in [0.29, 0.717) is 5.56 Å². The fraction of sp³-hybridized carbons (Fsp3) is 0.462. The molecule has 1 N–H and O–H groups in total. The quantitative estimate of drug-likeness (QED) is 0.832. The van der Waals surface area contributed by atoms with E-state index < -0.39 is 0 Å². The van der Waals surface area contributed by atoms with Gasteiger partial charge < -0.3 is 4.90 Å². The van der Waals surface area contributed by atoms with Crippen LogP contribution in [0, 0.1) is 5.92 Å². The highest BCUT2D eigenvalue weighted by molar-refractivity contribution is 5.97. The zero-order valence-electron chi connectivity index (χ0n) is 10.4. The van der Waals surface area contributed by atoms with Gasteiger partial charge in [0.15, 0.2) is 0 Å². The van der Waals surface area contributed by atoms with Gasteiger partial charge in [0.25, 0.3) is 5.91 Å². The first kappa shape index (κ1) is 11.2. The summed E-state index contributed by atoms with van der Waals surface area (Å²) in [6, 6.07) is 5.46. The Hall–Kier alpha value is -1.91. The van der Waals surface area contributed by atoms with Crippen LogP contribution in [0.4, 0.5) is 0 Å². The van der Waals surface area contributed by atoms with E-state index in [1.165, 1.54) is 0 Å². The fourth-order valence-electron chi connectivity index (χ4n) is 2.37. The highest BCUT2D eigenvalue weighted by atomic mass is 16.2. The number of likely N-dealkylation sites (tertiary alicyclic amines) is 1. The number of H-pyrrole nitrogens is 1. The highest BCUT2D eigenvalue weighted by Crippen LogP contribution is 2.19. The molecule has 0 aliphatic carbocycles. The van der Waals surface area contributed by atoms with E-state index in [0.717, 1.165) is 42.9 Å². The largest absolute Gasteiger partial charge is 0.339 e. The first-order valence-electron chi connectivity index (χ1n) is 6.34. The van der Waals surface area contributed by atoms with Crippen LogP contribution in [0.25, 0.3) is 11.0 Å². The second-order valence-electron chi connectivity index (χ2n) is 5.00. The van der Waals surface area contributed by atoms with Gasteiger partial charge in [0.2, 0.25) is 0 Å². The summed E-state index contributed by atoms with van der Waals surface area (Å²) in [5.74, 6) is 0.832.